The molecule has 2 atom stereocenters. The highest BCUT2D eigenvalue weighted by Crippen LogP contribution is 2.34. The Balaban J connectivity index is 1.98. The van der Waals surface area contributed by atoms with Gasteiger partial charge >= 0.3 is 0 Å². The van der Waals surface area contributed by atoms with Crippen LogP contribution in [-0.4, -0.2) is 5.54 Å². The molecular weight excluding hydrogens is 294 g/mol. The minimum absolute atomic E-state index is 0.0498. The largest absolute Gasteiger partial charge is 0.325 e. The second-order valence-electron chi connectivity index (χ2n) is 5.45. The summed E-state index contributed by atoms with van der Waals surface area (Å²) < 4.78 is 1.22. The zero-order valence-corrected chi connectivity index (χ0v) is 12.9. The predicted molar refractivity (Wildman–Crippen MR) is 79.5 cm³/mol. The van der Waals surface area contributed by atoms with Crippen molar-refractivity contribution < 1.29 is 0 Å². The molecule has 17 heavy (non-hydrogen) atoms. The minimum atomic E-state index is 0.0498. The van der Waals surface area contributed by atoms with Gasteiger partial charge in [-0.1, -0.05) is 26.2 Å². The number of halogens is 1. The van der Waals surface area contributed by atoms with Crippen molar-refractivity contribution in [1.29, 1.82) is 0 Å². The summed E-state index contributed by atoms with van der Waals surface area (Å²) in [6.45, 7) is 2.31. The molecule has 1 aromatic heterocycles. The van der Waals surface area contributed by atoms with Gasteiger partial charge in [-0.2, -0.15) is 0 Å². The highest BCUT2D eigenvalue weighted by molar-refractivity contribution is 9.11. The Labute approximate surface area is 117 Å². The number of hydrogen-bond donors (Lipinski definition) is 1. The molecular formula is C14H22BrNS. The van der Waals surface area contributed by atoms with Crippen molar-refractivity contribution in [2.45, 2.75) is 57.4 Å². The van der Waals surface area contributed by atoms with E-state index in [9.17, 15) is 0 Å². The molecule has 1 aromatic rings. The third-order valence-corrected chi connectivity index (χ3v) is 5.69. The first kappa shape index (κ1) is 13.6. The van der Waals surface area contributed by atoms with E-state index >= 15 is 0 Å². The summed E-state index contributed by atoms with van der Waals surface area (Å²) >= 11 is 5.36. The summed E-state index contributed by atoms with van der Waals surface area (Å²) in [5.74, 6) is 0.912. The Morgan fingerprint density at radius 2 is 2.24 bits per heavy atom. The van der Waals surface area contributed by atoms with Gasteiger partial charge in [-0.25, -0.2) is 0 Å². The minimum Gasteiger partial charge on any atom is -0.325 e. The smallest absolute Gasteiger partial charge is 0.0701 e. The second kappa shape index (κ2) is 5.85. The highest BCUT2D eigenvalue weighted by atomic mass is 79.9. The molecule has 0 bridgehead atoms. The molecule has 1 nitrogen and oxygen atoms in total. The van der Waals surface area contributed by atoms with E-state index in [1.165, 1.54) is 47.2 Å². The molecule has 1 aliphatic rings. The van der Waals surface area contributed by atoms with Crippen LogP contribution in [0.2, 0.25) is 0 Å². The fourth-order valence-electron chi connectivity index (χ4n) is 2.88. The lowest BCUT2D eigenvalue weighted by atomic mass is 9.87. The van der Waals surface area contributed by atoms with E-state index < -0.39 is 0 Å². The third kappa shape index (κ3) is 3.80. The van der Waals surface area contributed by atoms with E-state index in [-0.39, 0.29) is 5.54 Å². The van der Waals surface area contributed by atoms with Crippen molar-refractivity contribution in [2.24, 2.45) is 11.7 Å². The average molecular weight is 316 g/mol. The van der Waals surface area contributed by atoms with Gasteiger partial charge < -0.3 is 5.73 Å². The molecule has 96 valence electrons. The van der Waals surface area contributed by atoms with Gasteiger partial charge in [0.25, 0.3) is 0 Å². The average Bonchev–Trinajstić information content (AvgIpc) is 2.59. The first-order chi connectivity index (χ1) is 8.11. The topological polar surface area (TPSA) is 26.0 Å². The van der Waals surface area contributed by atoms with E-state index in [0.717, 1.165) is 12.3 Å². The van der Waals surface area contributed by atoms with Crippen LogP contribution >= 0.6 is 27.3 Å². The number of hydrogen-bond acceptors (Lipinski definition) is 2. The lowest BCUT2D eigenvalue weighted by molar-refractivity contribution is 0.360. The van der Waals surface area contributed by atoms with Crippen LogP contribution in [0.1, 0.15) is 50.3 Å². The van der Waals surface area contributed by atoms with Crippen molar-refractivity contribution in [1.82, 2.24) is 0 Å². The van der Waals surface area contributed by atoms with Crippen LogP contribution in [0.25, 0.3) is 0 Å². The zero-order chi connectivity index (χ0) is 12.3. The van der Waals surface area contributed by atoms with Crippen molar-refractivity contribution in [3.63, 3.8) is 0 Å². The molecule has 2 rings (SSSR count). The summed E-state index contributed by atoms with van der Waals surface area (Å²) in [5.41, 5.74) is 6.66. The summed E-state index contributed by atoms with van der Waals surface area (Å²) in [6.07, 6.45) is 8.77. The van der Waals surface area contributed by atoms with Crippen LogP contribution in [0.15, 0.2) is 15.9 Å². The van der Waals surface area contributed by atoms with Gasteiger partial charge in [-0.05, 0) is 59.7 Å². The molecule has 3 heteroatoms. The normalized spacial score (nSPS) is 30.2. The molecule has 0 radical (unpaired) electrons. The maximum absolute atomic E-state index is 6.61. The number of thiophene rings is 1. The summed E-state index contributed by atoms with van der Waals surface area (Å²) in [7, 11) is 0. The quantitative estimate of drug-likeness (QED) is 0.801. The molecule has 0 aromatic carbocycles. The van der Waals surface area contributed by atoms with Crippen molar-refractivity contribution in [2.75, 3.05) is 0 Å². The fraction of sp³-hybridized carbons (Fsp3) is 0.714. The lowest BCUT2D eigenvalue weighted by Crippen LogP contribution is -2.41. The van der Waals surface area contributed by atoms with Crippen LogP contribution in [-0.2, 0) is 6.42 Å². The van der Waals surface area contributed by atoms with Crippen LogP contribution in [0.5, 0.6) is 0 Å². The molecule has 0 saturated heterocycles. The van der Waals surface area contributed by atoms with Gasteiger partial charge in [0, 0.05) is 10.4 Å². The zero-order valence-electron chi connectivity index (χ0n) is 10.5. The van der Waals surface area contributed by atoms with E-state index in [1.54, 1.807) is 0 Å². The molecule has 1 heterocycles. The molecule has 0 aliphatic heterocycles. The first-order valence-electron chi connectivity index (χ1n) is 6.64. The van der Waals surface area contributed by atoms with Crippen LogP contribution in [0, 0.1) is 5.92 Å². The monoisotopic (exact) mass is 315 g/mol. The van der Waals surface area contributed by atoms with Gasteiger partial charge in [0.2, 0.25) is 0 Å². The van der Waals surface area contributed by atoms with Crippen molar-refractivity contribution in [3.05, 3.63) is 20.8 Å². The van der Waals surface area contributed by atoms with Crippen molar-refractivity contribution >= 4 is 27.3 Å². The van der Waals surface area contributed by atoms with Crippen LogP contribution < -0.4 is 5.73 Å². The van der Waals surface area contributed by atoms with Gasteiger partial charge in [0.05, 0.1) is 3.79 Å². The molecule has 1 saturated carbocycles. The Hall–Kier alpha value is 0.140. The maximum atomic E-state index is 6.61. The van der Waals surface area contributed by atoms with Gasteiger partial charge in [0.1, 0.15) is 0 Å². The van der Waals surface area contributed by atoms with Gasteiger partial charge in [-0.3, -0.25) is 0 Å². The van der Waals surface area contributed by atoms with E-state index in [2.05, 4.69) is 35.0 Å². The van der Waals surface area contributed by atoms with Crippen LogP contribution in [0.4, 0.5) is 0 Å². The maximum Gasteiger partial charge on any atom is 0.0701 e. The molecule has 2 N–H and O–H groups in total. The predicted octanol–water partition coefficient (Wildman–Crippen LogP) is 4.74. The Bertz CT molecular complexity index is 363. The number of rotatable bonds is 3. The fourth-order valence-corrected chi connectivity index (χ4v) is 4.52. The summed E-state index contributed by atoms with van der Waals surface area (Å²) in [4.78, 5) is 1.43. The Morgan fingerprint density at radius 1 is 1.41 bits per heavy atom. The Morgan fingerprint density at radius 3 is 2.88 bits per heavy atom. The molecule has 1 fully saturated rings. The summed E-state index contributed by atoms with van der Waals surface area (Å²) in [6, 6.07) is 4.35. The SMILES string of the molecule is CCC1CCCC(N)(Cc2ccc(Br)s2)CC1. The Kier molecular flexibility index (Phi) is 4.67. The summed E-state index contributed by atoms with van der Waals surface area (Å²) in [5, 5.41) is 0. The van der Waals surface area contributed by atoms with Gasteiger partial charge in [0.15, 0.2) is 0 Å². The molecule has 1 aliphatic carbocycles. The molecule has 0 amide bonds. The second-order valence-corrected chi connectivity index (χ2v) is 8.00. The van der Waals surface area contributed by atoms with Crippen molar-refractivity contribution in [3.8, 4) is 0 Å². The van der Waals surface area contributed by atoms with Gasteiger partial charge in [-0.15, -0.1) is 11.3 Å². The van der Waals surface area contributed by atoms with E-state index in [1.807, 2.05) is 11.3 Å². The lowest BCUT2D eigenvalue weighted by Gasteiger charge is -2.27. The number of nitrogens with two attached hydrogens (primary N) is 1. The van der Waals surface area contributed by atoms with Crippen LogP contribution in [0.3, 0.4) is 0 Å². The molecule has 2 unspecified atom stereocenters. The first-order valence-corrected chi connectivity index (χ1v) is 8.25. The van der Waals surface area contributed by atoms with E-state index in [0.29, 0.717) is 0 Å². The third-order valence-electron chi connectivity index (χ3n) is 4.07. The highest BCUT2D eigenvalue weighted by Gasteiger charge is 2.29. The van der Waals surface area contributed by atoms with E-state index in [4.69, 9.17) is 5.73 Å². The standard InChI is InChI=1S/C14H22BrNS/c1-2-11-4-3-8-14(16,9-7-11)10-12-5-6-13(15)17-12/h5-6,11H,2-4,7-10,16H2,1H3. The molecule has 0 spiro atoms.